The first-order chi connectivity index (χ1) is 14.5. The van der Waals surface area contributed by atoms with E-state index in [1.54, 1.807) is 6.92 Å². The number of carbonyl (C=O) groups is 3. The van der Waals surface area contributed by atoms with Crippen LogP contribution in [0.3, 0.4) is 0 Å². The average molecular weight is 408 g/mol. The third kappa shape index (κ3) is 4.88. The van der Waals surface area contributed by atoms with Crippen LogP contribution in [0.2, 0.25) is 0 Å². The molecule has 0 aliphatic heterocycles. The van der Waals surface area contributed by atoms with Gasteiger partial charge in [-0.25, -0.2) is 4.98 Å². The van der Waals surface area contributed by atoms with Crippen LogP contribution in [-0.2, 0) is 20.7 Å². The normalized spacial score (nSPS) is 10.4. The zero-order valence-electron chi connectivity index (χ0n) is 16.3. The third-order valence-corrected chi connectivity index (χ3v) is 4.16. The Balaban J connectivity index is 1.79. The Hall–Kier alpha value is -4.01. The lowest BCUT2D eigenvalue weighted by atomic mass is 10.1. The summed E-state index contributed by atoms with van der Waals surface area (Å²) in [6.45, 7) is 1.57. The van der Waals surface area contributed by atoms with E-state index in [4.69, 9.17) is 4.74 Å². The van der Waals surface area contributed by atoms with E-state index in [1.165, 1.54) is 24.5 Å². The Bertz CT molecular complexity index is 1140. The number of esters is 1. The molecule has 0 aliphatic rings. The van der Waals surface area contributed by atoms with Crippen LogP contribution >= 0.6 is 0 Å². The summed E-state index contributed by atoms with van der Waals surface area (Å²) in [5.41, 5.74) is 0.495. The molecular formula is C21H20N4O5. The molecule has 2 heterocycles. The van der Waals surface area contributed by atoms with Gasteiger partial charge in [-0.15, -0.1) is 0 Å². The Labute approximate surface area is 171 Å². The molecule has 0 fully saturated rings. The number of nitrogens with one attached hydrogen (secondary N) is 2. The van der Waals surface area contributed by atoms with Crippen LogP contribution in [0.5, 0.6) is 0 Å². The van der Waals surface area contributed by atoms with Gasteiger partial charge in [-0.1, -0.05) is 30.3 Å². The zero-order chi connectivity index (χ0) is 21.5. The number of carbonyl (C=O) groups excluding carboxylic acids is 3. The van der Waals surface area contributed by atoms with Crippen LogP contribution in [0.1, 0.15) is 22.8 Å². The molecule has 0 aliphatic carbocycles. The highest BCUT2D eigenvalue weighted by molar-refractivity contribution is 6.01. The highest BCUT2D eigenvalue weighted by Crippen LogP contribution is 2.09. The molecular weight excluding hydrogens is 388 g/mol. The predicted octanol–water partition coefficient (Wildman–Crippen LogP) is 1.17. The van der Waals surface area contributed by atoms with E-state index in [2.05, 4.69) is 15.6 Å². The van der Waals surface area contributed by atoms with Crippen LogP contribution in [0.25, 0.3) is 5.65 Å². The lowest BCUT2D eigenvalue weighted by Crippen LogP contribution is -2.32. The van der Waals surface area contributed by atoms with Crippen molar-refractivity contribution >= 4 is 29.1 Å². The number of amides is 2. The molecule has 0 spiro atoms. The summed E-state index contributed by atoms with van der Waals surface area (Å²) < 4.78 is 5.93. The van der Waals surface area contributed by atoms with Gasteiger partial charge in [-0.05, 0) is 24.6 Å². The van der Waals surface area contributed by atoms with Gasteiger partial charge in [0.25, 0.3) is 11.5 Å². The molecule has 0 bridgehead atoms. The smallest absolute Gasteiger partial charge is 0.325 e. The van der Waals surface area contributed by atoms with Gasteiger partial charge in [-0.2, -0.15) is 0 Å². The minimum absolute atomic E-state index is 0.00230. The molecule has 0 saturated heterocycles. The van der Waals surface area contributed by atoms with Crippen molar-refractivity contribution in [2.24, 2.45) is 0 Å². The van der Waals surface area contributed by atoms with Crippen LogP contribution < -0.4 is 16.2 Å². The summed E-state index contributed by atoms with van der Waals surface area (Å²) in [7, 11) is 0. The maximum atomic E-state index is 12.7. The van der Waals surface area contributed by atoms with Gasteiger partial charge in [0.2, 0.25) is 5.91 Å². The fourth-order valence-corrected chi connectivity index (χ4v) is 2.80. The SMILES string of the molecule is CCOC(=O)CNC(=O)c1cccn2c(=O)c(NC(=O)Cc3ccccc3)cnc12. The van der Waals surface area contributed by atoms with Gasteiger partial charge in [-0.3, -0.25) is 23.6 Å². The monoisotopic (exact) mass is 408 g/mol. The number of fused-ring (bicyclic) bond motifs is 1. The minimum atomic E-state index is -0.575. The molecule has 2 aromatic heterocycles. The number of ether oxygens (including phenoxy) is 1. The number of hydrogen-bond donors (Lipinski definition) is 2. The Morgan fingerprint density at radius 1 is 1.10 bits per heavy atom. The van der Waals surface area contributed by atoms with Gasteiger partial charge >= 0.3 is 5.97 Å². The summed E-state index contributed by atoms with van der Waals surface area (Å²) >= 11 is 0. The Morgan fingerprint density at radius 3 is 2.60 bits per heavy atom. The number of rotatable bonds is 7. The summed E-state index contributed by atoms with van der Waals surface area (Å²) in [6.07, 6.45) is 2.77. The number of benzene rings is 1. The van der Waals surface area contributed by atoms with Crippen molar-refractivity contribution in [3.8, 4) is 0 Å². The molecule has 2 amide bonds. The fourth-order valence-electron chi connectivity index (χ4n) is 2.80. The van der Waals surface area contributed by atoms with Crippen molar-refractivity contribution in [3.63, 3.8) is 0 Å². The second-order valence-electron chi connectivity index (χ2n) is 6.29. The average Bonchev–Trinajstić information content (AvgIpc) is 2.74. The molecule has 3 rings (SSSR count). The molecule has 0 atom stereocenters. The molecule has 2 N–H and O–H groups in total. The Morgan fingerprint density at radius 2 is 1.87 bits per heavy atom. The lowest BCUT2D eigenvalue weighted by Gasteiger charge is -2.10. The molecule has 0 saturated carbocycles. The van der Waals surface area contributed by atoms with Crippen molar-refractivity contribution in [1.29, 1.82) is 0 Å². The zero-order valence-corrected chi connectivity index (χ0v) is 16.3. The van der Waals surface area contributed by atoms with E-state index in [0.717, 1.165) is 9.96 Å². The summed E-state index contributed by atoms with van der Waals surface area (Å²) in [5, 5.41) is 4.99. The minimum Gasteiger partial charge on any atom is -0.465 e. The van der Waals surface area contributed by atoms with E-state index in [9.17, 15) is 19.2 Å². The molecule has 3 aromatic rings. The second-order valence-corrected chi connectivity index (χ2v) is 6.29. The standard InChI is InChI=1S/C21H20N4O5/c1-2-30-18(27)13-23-20(28)15-9-6-10-25-19(15)22-12-16(21(25)29)24-17(26)11-14-7-4-3-5-8-14/h3-10,12H,2,11,13H2,1H3,(H,23,28)(H,24,26). The van der Waals surface area contributed by atoms with Crippen LogP contribution in [0, 0.1) is 0 Å². The molecule has 0 radical (unpaired) electrons. The largest absolute Gasteiger partial charge is 0.465 e. The van der Waals surface area contributed by atoms with E-state index >= 15 is 0 Å². The number of hydrogen-bond acceptors (Lipinski definition) is 6. The molecule has 0 unspecified atom stereocenters. The van der Waals surface area contributed by atoms with Crippen molar-refractivity contribution in [1.82, 2.24) is 14.7 Å². The number of aromatic nitrogens is 2. The maximum absolute atomic E-state index is 12.7. The number of pyridine rings is 1. The molecule has 154 valence electrons. The number of nitrogens with zero attached hydrogens (tertiary/aromatic N) is 2. The van der Waals surface area contributed by atoms with E-state index in [1.807, 2.05) is 30.3 Å². The van der Waals surface area contributed by atoms with Crippen LogP contribution in [0.4, 0.5) is 5.69 Å². The molecule has 9 nitrogen and oxygen atoms in total. The fraction of sp³-hybridized carbons (Fsp3) is 0.190. The second kappa shape index (κ2) is 9.46. The summed E-state index contributed by atoms with van der Waals surface area (Å²) in [5.74, 6) is -1.50. The maximum Gasteiger partial charge on any atom is 0.325 e. The molecule has 9 heteroatoms. The van der Waals surface area contributed by atoms with E-state index in [0.29, 0.717) is 0 Å². The first-order valence-electron chi connectivity index (χ1n) is 9.27. The topological polar surface area (TPSA) is 119 Å². The molecule has 30 heavy (non-hydrogen) atoms. The summed E-state index contributed by atoms with van der Waals surface area (Å²) in [4.78, 5) is 53.0. The van der Waals surface area contributed by atoms with Gasteiger partial charge in [0.05, 0.1) is 24.8 Å². The predicted molar refractivity (Wildman–Crippen MR) is 109 cm³/mol. The molecule has 1 aromatic carbocycles. The first-order valence-corrected chi connectivity index (χ1v) is 9.27. The highest BCUT2D eigenvalue weighted by Gasteiger charge is 2.16. The Kier molecular flexibility index (Phi) is 6.53. The highest BCUT2D eigenvalue weighted by atomic mass is 16.5. The summed E-state index contributed by atoms with van der Waals surface area (Å²) in [6, 6.07) is 12.1. The number of anilines is 1. The van der Waals surface area contributed by atoms with Crippen molar-refractivity contribution in [2.45, 2.75) is 13.3 Å². The van der Waals surface area contributed by atoms with E-state index in [-0.39, 0.29) is 42.4 Å². The van der Waals surface area contributed by atoms with E-state index < -0.39 is 17.4 Å². The lowest BCUT2D eigenvalue weighted by molar-refractivity contribution is -0.141. The van der Waals surface area contributed by atoms with Crippen molar-refractivity contribution in [2.75, 3.05) is 18.5 Å². The van der Waals surface area contributed by atoms with Gasteiger partial charge in [0.1, 0.15) is 12.2 Å². The van der Waals surface area contributed by atoms with Gasteiger partial charge in [0, 0.05) is 6.20 Å². The van der Waals surface area contributed by atoms with Gasteiger partial charge < -0.3 is 15.4 Å². The van der Waals surface area contributed by atoms with Crippen molar-refractivity contribution < 1.29 is 19.1 Å². The van der Waals surface area contributed by atoms with Gasteiger partial charge in [0.15, 0.2) is 5.65 Å². The quantitative estimate of drug-likeness (QED) is 0.567. The van der Waals surface area contributed by atoms with Crippen LogP contribution in [0.15, 0.2) is 59.7 Å². The first kappa shape index (κ1) is 20.7. The third-order valence-electron chi connectivity index (χ3n) is 4.16. The van der Waals surface area contributed by atoms with Crippen molar-refractivity contribution in [3.05, 3.63) is 76.3 Å². The van der Waals surface area contributed by atoms with Crippen LogP contribution in [-0.4, -0.2) is 40.3 Å².